The van der Waals surface area contributed by atoms with Crippen molar-refractivity contribution >= 4 is 11.9 Å². The highest BCUT2D eigenvalue weighted by Gasteiger charge is 2.16. The summed E-state index contributed by atoms with van der Waals surface area (Å²) in [6.07, 6.45) is 28.5. The molecule has 0 aliphatic rings. The zero-order chi connectivity index (χ0) is 27.4. The van der Waals surface area contributed by atoms with E-state index in [0.29, 0.717) is 18.9 Å². The standard InChI is InChI=1S/C33H64O4/c1-4-7-10-11-12-15-20-25-31(33(35)36)26-21-16-13-14-17-22-27-32(34)37-29-28-30(23-18-8-5-2)24-19-9-6-3/h30-31H,4-29H2,1-3H3,(H,35,36). The summed E-state index contributed by atoms with van der Waals surface area (Å²) < 4.78 is 5.55. The molecule has 1 N–H and O–H groups in total. The lowest BCUT2D eigenvalue weighted by atomic mass is 9.92. The summed E-state index contributed by atoms with van der Waals surface area (Å²) in [4.78, 5) is 23.7. The highest BCUT2D eigenvalue weighted by atomic mass is 16.5. The van der Waals surface area contributed by atoms with Gasteiger partial charge in [-0.25, -0.2) is 0 Å². The average molecular weight is 525 g/mol. The Kier molecular flexibility index (Phi) is 27.2. The van der Waals surface area contributed by atoms with Crippen molar-refractivity contribution in [3.05, 3.63) is 0 Å². The molecule has 220 valence electrons. The molecule has 1 unspecified atom stereocenters. The number of aliphatic carboxylic acids is 1. The van der Waals surface area contributed by atoms with E-state index in [9.17, 15) is 14.7 Å². The van der Waals surface area contributed by atoms with Gasteiger partial charge in [-0.1, -0.05) is 149 Å². The highest BCUT2D eigenvalue weighted by molar-refractivity contribution is 5.69. The van der Waals surface area contributed by atoms with Crippen molar-refractivity contribution in [1.29, 1.82) is 0 Å². The first-order chi connectivity index (χ1) is 18.0. The van der Waals surface area contributed by atoms with Crippen molar-refractivity contribution in [2.45, 2.75) is 181 Å². The van der Waals surface area contributed by atoms with Crippen molar-refractivity contribution in [2.75, 3.05) is 6.61 Å². The first-order valence-corrected chi connectivity index (χ1v) is 16.4. The SMILES string of the molecule is CCCCCCCCCC(CCCCCCCCC(=O)OCCC(CCCCC)CCCCC)C(=O)O. The molecular weight excluding hydrogens is 460 g/mol. The Hall–Kier alpha value is -1.06. The van der Waals surface area contributed by atoms with Crippen molar-refractivity contribution < 1.29 is 19.4 Å². The normalized spacial score (nSPS) is 12.2. The molecule has 0 aliphatic heterocycles. The largest absolute Gasteiger partial charge is 0.481 e. The minimum absolute atomic E-state index is 0.0319. The molecule has 0 aromatic carbocycles. The lowest BCUT2D eigenvalue weighted by Gasteiger charge is -2.16. The molecule has 0 amide bonds. The van der Waals surface area contributed by atoms with E-state index in [1.165, 1.54) is 89.9 Å². The van der Waals surface area contributed by atoms with E-state index in [4.69, 9.17) is 4.74 Å². The first-order valence-electron chi connectivity index (χ1n) is 16.4. The van der Waals surface area contributed by atoms with Gasteiger partial charge >= 0.3 is 11.9 Å². The van der Waals surface area contributed by atoms with Gasteiger partial charge in [0.2, 0.25) is 0 Å². The molecule has 0 aromatic rings. The third-order valence-electron chi connectivity index (χ3n) is 7.91. The van der Waals surface area contributed by atoms with Crippen LogP contribution >= 0.6 is 0 Å². The zero-order valence-electron chi connectivity index (χ0n) is 25.2. The Balaban J connectivity index is 3.76. The lowest BCUT2D eigenvalue weighted by molar-refractivity contribution is -0.144. The van der Waals surface area contributed by atoms with Gasteiger partial charge in [0, 0.05) is 6.42 Å². The van der Waals surface area contributed by atoms with Crippen LogP contribution < -0.4 is 0 Å². The second kappa shape index (κ2) is 28.0. The van der Waals surface area contributed by atoms with Crippen LogP contribution in [0.5, 0.6) is 0 Å². The maximum absolute atomic E-state index is 12.1. The maximum atomic E-state index is 12.1. The molecule has 4 nitrogen and oxygen atoms in total. The fraction of sp³-hybridized carbons (Fsp3) is 0.939. The molecule has 0 saturated carbocycles. The van der Waals surface area contributed by atoms with Crippen molar-refractivity contribution in [3.8, 4) is 0 Å². The average Bonchev–Trinajstić information content (AvgIpc) is 2.88. The van der Waals surface area contributed by atoms with E-state index in [-0.39, 0.29) is 11.9 Å². The van der Waals surface area contributed by atoms with Crippen LogP contribution in [0.25, 0.3) is 0 Å². The van der Waals surface area contributed by atoms with Gasteiger partial charge in [0.25, 0.3) is 0 Å². The number of ether oxygens (including phenoxy) is 1. The van der Waals surface area contributed by atoms with E-state index in [1.807, 2.05) is 0 Å². The summed E-state index contributed by atoms with van der Waals surface area (Å²) in [5, 5.41) is 9.52. The third-order valence-corrected chi connectivity index (χ3v) is 7.91. The van der Waals surface area contributed by atoms with Crippen molar-refractivity contribution in [2.24, 2.45) is 11.8 Å². The van der Waals surface area contributed by atoms with Gasteiger partial charge in [-0.05, 0) is 31.6 Å². The maximum Gasteiger partial charge on any atom is 0.306 e. The number of carboxylic acids is 1. The number of carbonyl (C=O) groups is 2. The Morgan fingerprint density at radius 2 is 0.946 bits per heavy atom. The van der Waals surface area contributed by atoms with E-state index in [0.717, 1.165) is 64.2 Å². The van der Waals surface area contributed by atoms with E-state index in [1.54, 1.807) is 0 Å². The van der Waals surface area contributed by atoms with Crippen LogP contribution in [0.3, 0.4) is 0 Å². The number of carboxylic acid groups (broad SMARTS) is 1. The molecule has 0 saturated heterocycles. The van der Waals surface area contributed by atoms with Gasteiger partial charge in [-0.2, -0.15) is 0 Å². The van der Waals surface area contributed by atoms with Crippen LogP contribution in [-0.2, 0) is 14.3 Å². The summed E-state index contributed by atoms with van der Waals surface area (Å²) in [5.41, 5.74) is 0. The monoisotopic (exact) mass is 524 g/mol. The fourth-order valence-corrected chi connectivity index (χ4v) is 5.32. The Morgan fingerprint density at radius 1 is 0.541 bits per heavy atom. The molecule has 0 heterocycles. The summed E-state index contributed by atoms with van der Waals surface area (Å²) >= 11 is 0. The molecule has 0 aliphatic carbocycles. The molecule has 0 rings (SSSR count). The van der Waals surface area contributed by atoms with Crippen LogP contribution in [0.4, 0.5) is 0 Å². The number of rotatable bonds is 29. The second-order valence-electron chi connectivity index (χ2n) is 11.5. The number of esters is 1. The Labute approximate surface area is 231 Å². The summed E-state index contributed by atoms with van der Waals surface area (Å²) in [5.74, 6) is -0.0984. The van der Waals surface area contributed by atoms with Crippen LogP contribution in [0.2, 0.25) is 0 Å². The van der Waals surface area contributed by atoms with E-state index in [2.05, 4.69) is 20.8 Å². The topological polar surface area (TPSA) is 63.6 Å². The molecule has 4 heteroatoms. The zero-order valence-corrected chi connectivity index (χ0v) is 25.2. The number of hydrogen-bond donors (Lipinski definition) is 1. The van der Waals surface area contributed by atoms with Crippen molar-refractivity contribution in [1.82, 2.24) is 0 Å². The Morgan fingerprint density at radius 3 is 1.43 bits per heavy atom. The Bertz CT molecular complexity index is 495. The molecule has 0 radical (unpaired) electrons. The van der Waals surface area contributed by atoms with Gasteiger partial charge in [-0.15, -0.1) is 0 Å². The van der Waals surface area contributed by atoms with E-state index < -0.39 is 5.97 Å². The smallest absolute Gasteiger partial charge is 0.306 e. The van der Waals surface area contributed by atoms with Crippen LogP contribution in [0.1, 0.15) is 181 Å². The van der Waals surface area contributed by atoms with E-state index >= 15 is 0 Å². The van der Waals surface area contributed by atoms with Gasteiger partial charge in [0.1, 0.15) is 0 Å². The number of unbranched alkanes of at least 4 members (excludes halogenated alkanes) is 15. The summed E-state index contributed by atoms with van der Waals surface area (Å²) in [7, 11) is 0. The lowest BCUT2D eigenvalue weighted by Crippen LogP contribution is -2.13. The van der Waals surface area contributed by atoms with Gasteiger partial charge < -0.3 is 9.84 Å². The van der Waals surface area contributed by atoms with Crippen LogP contribution in [-0.4, -0.2) is 23.7 Å². The predicted molar refractivity (Wildman–Crippen MR) is 158 cm³/mol. The van der Waals surface area contributed by atoms with Gasteiger partial charge in [0.05, 0.1) is 12.5 Å². The molecule has 37 heavy (non-hydrogen) atoms. The van der Waals surface area contributed by atoms with Gasteiger partial charge in [0.15, 0.2) is 0 Å². The predicted octanol–water partition coefficient (Wildman–Crippen LogP) is 10.7. The summed E-state index contributed by atoms with van der Waals surface area (Å²) in [6, 6.07) is 0. The molecule has 0 aromatic heterocycles. The highest BCUT2D eigenvalue weighted by Crippen LogP contribution is 2.22. The fourth-order valence-electron chi connectivity index (χ4n) is 5.32. The first kappa shape index (κ1) is 35.9. The number of hydrogen-bond acceptors (Lipinski definition) is 3. The molecule has 1 atom stereocenters. The number of carbonyl (C=O) groups excluding carboxylic acids is 1. The van der Waals surface area contributed by atoms with Crippen LogP contribution in [0, 0.1) is 11.8 Å². The minimum atomic E-state index is -0.613. The quantitative estimate of drug-likeness (QED) is 0.0780. The van der Waals surface area contributed by atoms with Crippen LogP contribution in [0.15, 0.2) is 0 Å². The third kappa shape index (κ3) is 25.0. The molecule has 0 bridgehead atoms. The van der Waals surface area contributed by atoms with Crippen molar-refractivity contribution in [3.63, 3.8) is 0 Å². The minimum Gasteiger partial charge on any atom is -0.481 e. The molecule has 0 spiro atoms. The second-order valence-corrected chi connectivity index (χ2v) is 11.5. The summed E-state index contributed by atoms with van der Waals surface area (Å²) in [6.45, 7) is 7.32. The molecule has 0 fully saturated rings. The molecular formula is C33H64O4. The van der Waals surface area contributed by atoms with Gasteiger partial charge in [-0.3, -0.25) is 9.59 Å².